The predicted octanol–water partition coefficient (Wildman–Crippen LogP) is 2.96. The van der Waals surface area contributed by atoms with Crippen LogP contribution < -0.4 is 10.6 Å². The molecule has 0 atom stereocenters. The molecule has 1 fully saturated rings. The van der Waals surface area contributed by atoms with Crippen molar-refractivity contribution in [3.63, 3.8) is 0 Å². The van der Waals surface area contributed by atoms with Crippen molar-refractivity contribution in [2.45, 2.75) is 31.3 Å². The van der Waals surface area contributed by atoms with Gasteiger partial charge < -0.3 is 15.7 Å². The highest BCUT2D eigenvalue weighted by Gasteiger charge is 2.33. The quantitative estimate of drug-likeness (QED) is 0.810. The molecule has 1 aromatic carbocycles. The summed E-state index contributed by atoms with van der Waals surface area (Å²) >= 11 is 8.07. The molecule has 1 saturated carbocycles. The molecule has 2 rings (SSSR count). The first-order valence-corrected chi connectivity index (χ1v) is 7.75. The monoisotopic (exact) mass is 360 g/mol. The summed E-state index contributed by atoms with van der Waals surface area (Å²) in [6, 6.07) is 3.34. The Morgan fingerprint density at radius 2 is 2.10 bits per heavy atom. The van der Waals surface area contributed by atoms with E-state index in [0.29, 0.717) is 17.8 Å². The summed E-state index contributed by atoms with van der Waals surface area (Å²) in [5, 5.41) is 10.4. The molecule has 0 aromatic heterocycles. The van der Waals surface area contributed by atoms with Gasteiger partial charge in [0.25, 0.3) is 0 Å². The van der Waals surface area contributed by atoms with Crippen molar-refractivity contribution in [3.8, 4) is 0 Å². The highest BCUT2D eigenvalue weighted by Crippen LogP contribution is 2.33. The summed E-state index contributed by atoms with van der Waals surface area (Å²) in [4.78, 5) is 1.90. The first kappa shape index (κ1) is 15.7. The molecular formula is C14H18BrFN2OS. The Bertz CT molecular complexity index is 532. The normalized spacial score (nSPS) is 17.2. The largest absolute Gasteiger partial charge is 0.389 e. The van der Waals surface area contributed by atoms with E-state index in [1.54, 1.807) is 24.1 Å². The lowest BCUT2D eigenvalue weighted by Gasteiger charge is -2.30. The molecule has 1 aliphatic carbocycles. The van der Waals surface area contributed by atoms with Crippen molar-refractivity contribution in [2.24, 2.45) is 5.73 Å². The molecule has 3 N–H and O–H groups in total. The number of anilines is 1. The zero-order valence-corrected chi connectivity index (χ0v) is 13.7. The van der Waals surface area contributed by atoms with Crippen molar-refractivity contribution in [1.82, 2.24) is 0 Å². The van der Waals surface area contributed by atoms with Crippen molar-refractivity contribution in [1.29, 1.82) is 0 Å². The number of nitrogens with two attached hydrogens (primary N) is 1. The molecule has 0 unspecified atom stereocenters. The van der Waals surface area contributed by atoms with Gasteiger partial charge in [0.1, 0.15) is 4.99 Å². The minimum Gasteiger partial charge on any atom is -0.389 e. The number of aliphatic hydroxyl groups is 1. The summed E-state index contributed by atoms with van der Waals surface area (Å²) in [7, 11) is 1.78. The highest BCUT2D eigenvalue weighted by atomic mass is 79.9. The smallest absolute Gasteiger partial charge is 0.161 e. The maximum absolute atomic E-state index is 14.4. The lowest BCUT2D eigenvalue weighted by atomic mass is 10.0. The molecule has 0 heterocycles. The highest BCUT2D eigenvalue weighted by molar-refractivity contribution is 9.10. The van der Waals surface area contributed by atoms with Gasteiger partial charge in [0.2, 0.25) is 0 Å². The van der Waals surface area contributed by atoms with Crippen LogP contribution in [0.1, 0.15) is 31.2 Å². The first-order valence-electron chi connectivity index (χ1n) is 6.55. The third-order valence-electron chi connectivity index (χ3n) is 3.80. The topological polar surface area (TPSA) is 49.5 Å². The Kier molecular flexibility index (Phi) is 4.66. The van der Waals surface area contributed by atoms with Crippen LogP contribution in [0.15, 0.2) is 16.6 Å². The number of likely N-dealkylation sites (N-methyl/N-ethyl adjacent to an activating group) is 1. The van der Waals surface area contributed by atoms with Gasteiger partial charge in [-0.1, -0.05) is 25.1 Å². The summed E-state index contributed by atoms with van der Waals surface area (Å²) in [6.07, 6.45) is 3.59. The van der Waals surface area contributed by atoms with Crippen LogP contribution in [0.3, 0.4) is 0 Å². The van der Waals surface area contributed by atoms with E-state index in [0.717, 1.165) is 25.7 Å². The minimum atomic E-state index is -0.713. The van der Waals surface area contributed by atoms with Crippen molar-refractivity contribution < 1.29 is 9.50 Å². The maximum Gasteiger partial charge on any atom is 0.161 e. The fourth-order valence-electron chi connectivity index (χ4n) is 2.74. The molecule has 1 aliphatic rings. The molecule has 0 aliphatic heterocycles. The van der Waals surface area contributed by atoms with E-state index in [-0.39, 0.29) is 9.46 Å². The van der Waals surface area contributed by atoms with E-state index in [4.69, 9.17) is 18.0 Å². The molecular weight excluding hydrogens is 343 g/mol. The molecule has 0 amide bonds. The van der Waals surface area contributed by atoms with E-state index < -0.39 is 11.4 Å². The molecule has 0 radical (unpaired) electrons. The Labute approximate surface area is 132 Å². The maximum atomic E-state index is 14.4. The zero-order valence-electron chi connectivity index (χ0n) is 11.3. The Morgan fingerprint density at radius 1 is 1.50 bits per heavy atom. The minimum absolute atomic E-state index is 0.152. The summed E-state index contributed by atoms with van der Waals surface area (Å²) in [5.74, 6) is -0.403. The zero-order chi connectivity index (χ0) is 14.9. The molecule has 0 saturated heterocycles. The Hall–Kier alpha value is -0.720. The third-order valence-corrected chi connectivity index (χ3v) is 4.80. The second-order valence-electron chi connectivity index (χ2n) is 5.41. The predicted molar refractivity (Wildman–Crippen MR) is 86.7 cm³/mol. The van der Waals surface area contributed by atoms with Crippen molar-refractivity contribution >= 4 is 38.8 Å². The number of hydrogen-bond donors (Lipinski definition) is 2. The molecule has 0 spiro atoms. The van der Waals surface area contributed by atoms with Crippen LogP contribution in [0.4, 0.5) is 10.1 Å². The fourth-order valence-corrected chi connectivity index (χ4v) is 3.59. The number of hydrogen-bond acceptors (Lipinski definition) is 3. The van der Waals surface area contributed by atoms with Gasteiger partial charge >= 0.3 is 0 Å². The molecule has 6 heteroatoms. The summed E-state index contributed by atoms with van der Waals surface area (Å²) < 4.78 is 14.7. The first-order chi connectivity index (χ1) is 9.34. The average molecular weight is 361 g/mol. The van der Waals surface area contributed by atoms with Gasteiger partial charge in [-0.2, -0.15) is 0 Å². The summed E-state index contributed by atoms with van der Waals surface area (Å²) in [6.45, 7) is 0.419. The van der Waals surface area contributed by atoms with Crippen LogP contribution in [0.5, 0.6) is 0 Å². The van der Waals surface area contributed by atoms with Gasteiger partial charge in [-0.15, -0.1) is 0 Å². The summed E-state index contributed by atoms with van der Waals surface area (Å²) in [5.41, 5.74) is 5.74. The van der Waals surface area contributed by atoms with E-state index in [2.05, 4.69) is 15.9 Å². The van der Waals surface area contributed by atoms with E-state index in [1.165, 1.54) is 0 Å². The van der Waals surface area contributed by atoms with Gasteiger partial charge in [-0.3, -0.25) is 0 Å². The number of benzene rings is 1. The van der Waals surface area contributed by atoms with E-state index >= 15 is 0 Å². The van der Waals surface area contributed by atoms with Crippen LogP contribution >= 0.6 is 28.1 Å². The van der Waals surface area contributed by atoms with E-state index in [9.17, 15) is 9.50 Å². The lowest BCUT2D eigenvalue weighted by molar-refractivity contribution is 0.0558. The average Bonchev–Trinajstić information content (AvgIpc) is 2.78. The Balaban J connectivity index is 2.24. The van der Waals surface area contributed by atoms with Crippen LogP contribution in [-0.4, -0.2) is 29.3 Å². The standard InChI is InChI=1S/C14H18BrFN2OS/c1-18(8-14(19)6-2-3-7-14)10-5-4-9(13(17)20)11(15)12(10)16/h4-5,19H,2-3,6-8H2,1H3,(H2,17,20). The van der Waals surface area contributed by atoms with Crippen LogP contribution in [0.2, 0.25) is 0 Å². The third kappa shape index (κ3) is 3.13. The van der Waals surface area contributed by atoms with Crippen LogP contribution in [0, 0.1) is 5.82 Å². The van der Waals surface area contributed by atoms with Crippen molar-refractivity contribution in [2.75, 3.05) is 18.5 Å². The number of thiocarbonyl (C=S) groups is 1. The SMILES string of the molecule is CN(CC1(O)CCCC1)c1ccc(C(N)=S)c(Br)c1F. The van der Waals surface area contributed by atoms with Gasteiger partial charge in [0, 0.05) is 19.2 Å². The lowest BCUT2D eigenvalue weighted by Crippen LogP contribution is -2.39. The van der Waals surface area contributed by atoms with Gasteiger partial charge in [-0.05, 0) is 40.9 Å². The molecule has 3 nitrogen and oxygen atoms in total. The second kappa shape index (κ2) is 5.95. The van der Waals surface area contributed by atoms with Crippen molar-refractivity contribution in [3.05, 3.63) is 28.0 Å². The number of rotatable bonds is 4. The van der Waals surface area contributed by atoms with Crippen LogP contribution in [-0.2, 0) is 0 Å². The Morgan fingerprint density at radius 3 is 2.65 bits per heavy atom. The van der Waals surface area contributed by atoms with Gasteiger partial charge in [0.05, 0.1) is 15.8 Å². The molecule has 110 valence electrons. The second-order valence-corrected chi connectivity index (χ2v) is 6.64. The number of nitrogens with zero attached hydrogens (tertiary/aromatic N) is 1. The molecule has 1 aromatic rings. The number of halogens is 2. The van der Waals surface area contributed by atoms with E-state index in [1.807, 2.05) is 0 Å². The van der Waals surface area contributed by atoms with Gasteiger partial charge in [0.15, 0.2) is 5.82 Å². The molecule has 20 heavy (non-hydrogen) atoms. The van der Waals surface area contributed by atoms with Gasteiger partial charge in [-0.25, -0.2) is 4.39 Å². The molecule has 0 bridgehead atoms. The van der Waals surface area contributed by atoms with Crippen LogP contribution in [0.25, 0.3) is 0 Å². The fraction of sp³-hybridized carbons (Fsp3) is 0.500.